The van der Waals surface area contributed by atoms with Crippen LogP contribution in [0.5, 0.6) is 0 Å². The molecule has 5 heteroatoms. The van der Waals surface area contributed by atoms with E-state index in [2.05, 4.69) is 28.9 Å². The third kappa shape index (κ3) is 6.09. The van der Waals surface area contributed by atoms with Crippen LogP contribution in [0.15, 0.2) is 48.5 Å². The highest BCUT2D eigenvalue weighted by molar-refractivity contribution is 6.30. The van der Waals surface area contributed by atoms with E-state index < -0.39 is 0 Å². The fourth-order valence-corrected chi connectivity index (χ4v) is 3.98. The first-order chi connectivity index (χ1) is 14.6. The van der Waals surface area contributed by atoms with E-state index in [4.69, 9.17) is 16.6 Å². The molecule has 30 heavy (non-hydrogen) atoms. The van der Waals surface area contributed by atoms with Crippen molar-refractivity contribution in [3.05, 3.63) is 64.9 Å². The number of carbonyl (C=O) groups excluding carboxylic acids is 1. The molecule has 1 atom stereocenters. The summed E-state index contributed by atoms with van der Waals surface area (Å²) in [6.07, 6.45) is 7.86. The molecular weight excluding hydrogens is 394 g/mol. The van der Waals surface area contributed by atoms with E-state index in [0.717, 1.165) is 35.4 Å². The van der Waals surface area contributed by atoms with E-state index in [0.29, 0.717) is 11.4 Å². The number of fused-ring (bicyclic) bond motifs is 1. The number of amides is 1. The molecule has 0 aliphatic rings. The number of hydrogen-bond acceptors (Lipinski definition) is 2. The van der Waals surface area contributed by atoms with E-state index in [1.165, 1.54) is 32.1 Å². The molecule has 0 radical (unpaired) electrons. The normalized spacial score (nSPS) is 12.2. The van der Waals surface area contributed by atoms with E-state index in [9.17, 15) is 4.79 Å². The van der Waals surface area contributed by atoms with Gasteiger partial charge in [-0.2, -0.15) is 0 Å². The van der Waals surface area contributed by atoms with Crippen LogP contribution in [0.3, 0.4) is 0 Å². The fourth-order valence-electron chi connectivity index (χ4n) is 3.85. The summed E-state index contributed by atoms with van der Waals surface area (Å²) in [5.41, 5.74) is 3.07. The molecule has 0 bridgehead atoms. The van der Waals surface area contributed by atoms with Crippen molar-refractivity contribution in [3.8, 4) is 0 Å². The molecule has 1 unspecified atom stereocenters. The summed E-state index contributed by atoms with van der Waals surface area (Å²) in [6.45, 7) is 5.19. The van der Waals surface area contributed by atoms with Gasteiger partial charge in [0.2, 0.25) is 5.91 Å². The predicted molar refractivity (Wildman–Crippen MR) is 125 cm³/mol. The number of hydrogen-bond donors (Lipinski definition) is 1. The second-order valence-electron chi connectivity index (χ2n) is 7.97. The molecule has 2 aromatic carbocycles. The van der Waals surface area contributed by atoms with Gasteiger partial charge in [0.1, 0.15) is 5.82 Å². The van der Waals surface area contributed by atoms with Crippen molar-refractivity contribution in [2.75, 3.05) is 0 Å². The molecule has 3 rings (SSSR count). The number of nitrogens with zero attached hydrogens (tertiary/aromatic N) is 2. The lowest BCUT2D eigenvalue weighted by molar-refractivity contribution is -0.121. The Kier molecular flexibility index (Phi) is 8.32. The quantitative estimate of drug-likeness (QED) is 0.358. The molecular formula is C25H32ClN3O. The monoisotopic (exact) mass is 425 g/mol. The summed E-state index contributed by atoms with van der Waals surface area (Å²) in [7, 11) is 0. The van der Waals surface area contributed by atoms with Gasteiger partial charge in [-0.3, -0.25) is 4.79 Å². The van der Waals surface area contributed by atoms with Gasteiger partial charge in [0.25, 0.3) is 0 Å². The van der Waals surface area contributed by atoms with Crippen molar-refractivity contribution in [2.24, 2.45) is 0 Å². The van der Waals surface area contributed by atoms with Crippen LogP contribution in [0.1, 0.15) is 69.8 Å². The Balaban J connectivity index is 1.67. The molecule has 4 nitrogen and oxygen atoms in total. The molecule has 1 aromatic heterocycles. The lowest BCUT2D eigenvalue weighted by Gasteiger charge is -2.16. The minimum Gasteiger partial charge on any atom is -0.346 e. The average molecular weight is 426 g/mol. The van der Waals surface area contributed by atoms with Crippen LogP contribution < -0.4 is 5.32 Å². The maximum atomic E-state index is 12.6. The summed E-state index contributed by atoms with van der Waals surface area (Å²) in [5, 5.41) is 3.80. The number of aromatic nitrogens is 2. The number of carbonyl (C=O) groups is 1. The van der Waals surface area contributed by atoms with Gasteiger partial charge in [0.05, 0.1) is 23.5 Å². The van der Waals surface area contributed by atoms with Crippen molar-refractivity contribution >= 4 is 28.5 Å². The summed E-state index contributed by atoms with van der Waals surface area (Å²) >= 11 is 5.93. The van der Waals surface area contributed by atoms with Crippen molar-refractivity contribution in [2.45, 2.75) is 71.4 Å². The van der Waals surface area contributed by atoms with Crippen LogP contribution in [-0.4, -0.2) is 15.5 Å². The standard InChI is InChI=1S/C25H32ClN3O/c1-3-4-5-6-7-10-17-29-23-12-9-8-11-22(23)28-25(29)19(2)27-24(30)18-20-13-15-21(26)16-14-20/h8-9,11-16,19H,3-7,10,17-18H2,1-2H3,(H,27,30). The van der Waals surface area contributed by atoms with Gasteiger partial charge in [0.15, 0.2) is 0 Å². The highest BCUT2D eigenvalue weighted by Gasteiger charge is 2.18. The Labute approximate surface area is 184 Å². The second-order valence-corrected chi connectivity index (χ2v) is 8.41. The van der Waals surface area contributed by atoms with E-state index in [1.807, 2.05) is 43.3 Å². The molecule has 160 valence electrons. The van der Waals surface area contributed by atoms with Gasteiger partial charge in [-0.25, -0.2) is 4.98 Å². The van der Waals surface area contributed by atoms with Crippen LogP contribution in [0.25, 0.3) is 11.0 Å². The third-order valence-electron chi connectivity index (χ3n) is 5.46. The number of aryl methyl sites for hydroxylation is 1. The van der Waals surface area contributed by atoms with Crippen LogP contribution in [0, 0.1) is 0 Å². The van der Waals surface area contributed by atoms with E-state index in [1.54, 1.807) is 0 Å². The van der Waals surface area contributed by atoms with Crippen LogP contribution in [0.4, 0.5) is 0 Å². The minimum absolute atomic E-state index is 0.0111. The zero-order valence-electron chi connectivity index (χ0n) is 18.0. The molecule has 1 amide bonds. The average Bonchev–Trinajstić information content (AvgIpc) is 3.11. The molecule has 0 fully saturated rings. The summed E-state index contributed by atoms with van der Waals surface area (Å²) in [4.78, 5) is 17.4. The first-order valence-electron chi connectivity index (χ1n) is 11.1. The van der Waals surface area contributed by atoms with Crippen molar-refractivity contribution in [1.82, 2.24) is 14.9 Å². The Hall–Kier alpha value is -2.33. The summed E-state index contributed by atoms with van der Waals surface area (Å²) in [6, 6.07) is 15.5. The number of rotatable bonds is 11. The molecule has 3 aromatic rings. The Morgan fingerprint density at radius 1 is 1.03 bits per heavy atom. The van der Waals surface area contributed by atoms with Gasteiger partial charge in [-0.15, -0.1) is 0 Å². The molecule has 1 N–H and O–H groups in total. The Bertz CT molecular complexity index is 949. The number of unbranched alkanes of at least 4 members (excludes halogenated alkanes) is 5. The van der Waals surface area contributed by atoms with E-state index in [-0.39, 0.29) is 11.9 Å². The van der Waals surface area contributed by atoms with Gasteiger partial charge in [-0.1, -0.05) is 74.9 Å². The van der Waals surface area contributed by atoms with Gasteiger partial charge < -0.3 is 9.88 Å². The molecule has 0 aliphatic heterocycles. The van der Waals surface area contributed by atoms with Crippen LogP contribution in [0.2, 0.25) is 5.02 Å². The first-order valence-corrected chi connectivity index (χ1v) is 11.4. The Morgan fingerprint density at radius 2 is 1.73 bits per heavy atom. The number of imidazole rings is 1. The molecule has 0 aliphatic carbocycles. The lowest BCUT2D eigenvalue weighted by atomic mass is 10.1. The minimum atomic E-state index is -0.155. The topological polar surface area (TPSA) is 46.9 Å². The zero-order chi connectivity index (χ0) is 21.3. The molecule has 1 heterocycles. The van der Waals surface area contributed by atoms with Crippen molar-refractivity contribution < 1.29 is 4.79 Å². The van der Waals surface area contributed by atoms with Crippen LogP contribution in [-0.2, 0) is 17.8 Å². The number of nitrogens with one attached hydrogen (secondary N) is 1. The summed E-state index contributed by atoms with van der Waals surface area (Å²) in [5.74, 6) is 0.914. The van der Waals surface area contributed by atoms with Gasteiger partial charge in [0, 0.05) is 11.6 Å². The lowest BCUT2D eigenvalue weighted by Crippen LogP contribution is -2.30. The number of halogens is 1. The number of benzene rings is 2. The third-order valence-corrected chi connectivity index (χ3v) is 5.71. The molecule has 0 saturated carbocycles. The van der Waals surface area contributed by atoms with E-state index >= 15 is 0 Å². The van der Waals surface area contributed by atoms with Gasteiger partial charge >= 0.3 is 0 Å². The maximum absolute atomic E-state index is 12.6. The van der Waals surface area contributed by atoms with Crippen LogP contribution >= 0.6 is 11.6 Å². The zero-order valence-corrected chi connectivity index (χ0v) is 18.8. The molecule has 0 spiro atoms. The molecule has 0 saturated heterocycles. The Morgan fingerprint density at radius 3 is 2.50 bits per heavy atom. The van der Waals surface area contributed by atoms with Gasteiger partial charge in [-0.05, 0) is 43.2 Å². The number of para-hydroxylation sites is 2. The largest absolute Gasteiger partial charge is 0.346 e. The SMILES string of the molecule is CCCCCCCCn1c(C(C)NC(=O)Cc2ccc(Cl)cc2)nc2ccccc21. The smallest absolute Gasteiger partial charge is 0.224 e. The van der Waals surface area contributed by atoms with Crippen molar-refractivity contribution in [1.29, 1.82) is 0 Å². The maximum Gasteiger partial charge on any atom is 0.224 e. The fraction of sp³-hybridized carbons (Fsp3) is 0.440. The van der Waals surface area contributed by atoms with Crippen molar-refractivity contribution in [3.63, 3.8) is 0 Å². The highest BCUT2D eigenvalue weighted by atomic mass is 35.5. The summed E-state index contributed by atoms with van der Waals surface area (Å²) < 4.78 is 2.28. The predicted octanol–water partition coefficient (Wildman–Crippen LogP) is 6.47. The second kappa shape index (κ2) is 11.2. The highest BCUT2D eigenvalue weighted by Crippen LogP contribution is 2.22. The first kappa shape index (κ1) is 22.4.